The third-order valence-electron chi connectivity index (χ3n) is 2.24. The zero-order valence-corrected chi connectivity index (χ0v) is 9.77. The van der Waals surface area contributed by atoms with Crippen molar-refractivity contribution in [3.8, 4) is 0 Å². The molecule has 1 rings (SSSR count). The molecule has 0 radical (unpaired) electrons. The van der Waals surface area contributed by atoms with Gasteiger partial charge in [0.15, 0.2) is 0 Å². The molecule has 1 aromatic rings. The number of rotatable bonds is 4. The topological polar surface area (TPSA) is 72.2 Å². The molecule has 5 heteroatoms. The van der Waals surface area contributed by atoms with E-state index in [-0.39, 0.29) is 11.6 Å². The van der Waals surface area contributed by atoms with Crippen LogP contribution in [0.2, 0.25) is 0 Å². The van der Waals surface area contributed by atoms with Gasteiger partial charge in [0.05, 0.1) is 4.92 Å². The van der Waals surface area contributed by atoms with Gasteiger partial charge in [0.2, 0.25) is 5.91 Å². The van der Waals surface area contributed by atoms with Crippen molar-refractivity contribution in [3.05, 3.63) is 45.5 Å². The fraction of sp³-hybridized carbons (Fsp3) is 0.250. The van der Waals surface area contributed by atoms with E-state index in [4.69, 9.17) is 0 Å². The molecule has 1 aromatic carbocycles. The Morgan fingerprint density at radius 3 is 2.82 bits per heavy atom. The van der Waals surface area contributed by atoms with Gasteiger partial charge < -0.3 is 5.32 Å². The van der Waals surface area contributed by atoms with Crippen molar-refractivity contribution in [3.63, 3.8) is 0 Å². The molecule has 0 aromatic heterocycles. The summed E-state index contributed by atoms with van der Waals surface area (Å²) in [7, 11) is 0. The fourth-order valence-corrected chi connectivity index (χ4v) is 1.31. The number of carbonyl (C=O) groups is 1. The van der Waals surface area contributed by atoms with Crippen LogP contribution in [0.3, 0.4) is 0 Å². The number of hydrogen-bond donors (Lipinski definition) is 1. The molecule has 0 bridgehead atoms. The van der Waals surface area contributed by atoms with Crippen molar-refractivity contribution in [2.24, 2.45) is 0 Å². The number of nitrogens with one attached hydrogen (secondary N) is 1. The number of nitro benzene ring substituents is 1. The van der Waals surface area contributed by atoms with Gasteiger partial charge in [0.1, 0.15) is 0 Å². The Morgan fingerprint density at radius 2 is 2.24 bits per heavy atom. The summed E-state index contributed by atoms with van der Waals surface area (Å²) in [5, 5.41) is 13.2. The minimum Gasteiger partial charge on any atom is -0.353 e. The molecule has 17 heavy (non-hydrogen) atoms. The van der Waals surface area contributed by atoms with E-state index in [1.165, 1.54) is 19.1 Å². The zero-order chi connectivity index (χ0) is 12.8. The summed E-state index contributed by atoms with van der Waals surface area (Å²) in [6, 6.07) is 4.69. The largest absolute Gasteiger partial charge is 0.353 e. The van der Waals surface area contributed by atoms with Gasteiger partial charge in [-0.1, -0.05) is 18.2 Å². The molecule has 0 atom stereocenters. The third kappa shape index (κ3) is 4.06. The number of nitrogens with zero attached hydrogens (tertiary/aromatic N) is 1. The van der Waals surface area contributed by atoms with Gasteiger partial charge in [-0.15, -0.1) is 0 Å². The smallest absolute Gasteiger partial charge is 0.270 e. The SMILES string of the molecule is CC(=O)NCC=Cc1cc([N+](=O)[O-])ccc1C. The maximum atomic E-state index is 10.6. The van der Waals surface area contributed by atoms with Crippen LogP contribution in [0.5, 0.6) is 0 Å². The second-order valence-electron chi connectivity index (χ2n) is 3.64. The lowest BCUT2D eigenvalue weighted by atomic mass is 10.1. The standard InChI is InChI=1S/C12H14N2O3/c1-9-5-6-12(14(16)17)8-11(9)4-3-7-13-10(2)15/h3-6,8H,7H2,1-2H3,(H,13,15). The van der Waals surface area contributed by atoms with Crippen molar-refractivity contribution in [1.82, 2.24) is 5.32 Å². The number of non-ortho nitro benzene ring substituents is 1. The average Bonchev–Trinajstić information content (AvgIpc) is 2.25. The Kier molecular flexibility index (Phi) is 4.39. The predicted octanol–water partition coefficient (Wildman–Crippen LogP) is 2.05. The predicted molar refractivity (Wildman–Crippen MR) is 65.6 cm³/mol. The zero-order valence-electron chi connectivity index (χ0n) is 9.77. The van der Waals surface area contributed by atoms with E-state index in [0.29, 0.717) is 6.54 Å². The molecule has 0 aliphatic rings. The Balaban J connectivity index is 2.79. The monoisotopic (exact) mass is 234 g/mol. The summed E-state index contributed by atoms with van der Waals surface area (Å²) in [6.07, 6.45) is 3.52. The van der Waals surface area contributed by atoms with E-state index in [2.05, 4.69) is 5.32 Å². The number of aryl methyl sites for hydroxylation is 1. The first kappa shape index (κ1) is 12.9. The lowest BCUT2D eigenvalue weighted by molar-refractivity contribution is -0.384. The number of hydrogen-bond acceptors (Lipinski definition) is 3. The molecule has 0 heterocycles. The van der Waals surface area contributed by atoms with Crippen molar-refractivity contribution in [1.29, 1.82) is 0 Å². The Morgan fingerprint density at radius 1 is 1.53 bits per heavy atom. The summed E-state index contributed by atoms with van der Waals surface area (Å²) >= 11 is 0. The van der Waals surface area contributed by atoms with E-state index in [0.717, 1.165) is 11.1 Å². The summed E-state index contributed by atoms with van der Waals surface area (Å²) in [5.74, 6) is -0.106. The van der Waals surface area contributed by atoms with Crippen LogP contribution in [-0.4, -0.2) is 17.4 Å². The van der Waals surface area contributed by atoms with Gasteiger partial charge in [-0.3, -0.25) is 14.9 Å². The normalized spacial score (nSPS) is 10.5. The van der Waals surface area contributed by atoms with Crippen LogP contribution in [0.4, 0.5) is 5.69 Å². The van der Waals surface area contributed by atoms with Crippen molar-refractivity contribution in [2.45, 2.75) is 13.8 Å². The number of amides is 1. The van der Waals surface area contributed by atoms with Crippen LogP contribution in [0.1, 0.15) is 18.1 Å². The van der Waals surface area contributed by atoms with Gasteiger partial charge in [-0.25, -0.2) is 0 Å². The van der Waals surface area contributed by atoms with Crippen molar-refractivity contribution in [2.75, 3.05) is 6.54 Å². The lowest BCUT2D eigenvalue weighted by Gasteiger charge is -2.00. The van der Waals surface area contributed by atoms with Crippen LogP contribution in [-0.2, 0) is 4.79 Å². The summed E-state index contributed by atoms with van der Waals surface area (Å²) in [5.41, 5.74) is 1.80. The molecule has 0 saturated heterocycles. The second-order valence-corrected chi connectivity index (χ2v) is 3.64. The fourth-order valence-electron chi connectivity index (χ4n) is 1.31. The lowest BCUT2D eigenvalue weighted by Crippen LogP contribution is -2.19. The van der Waals surface area contributed by atoms with Crippen molar-refractivity contribution < 1.29 is 9.72 Å². The highest BCUT2D eigenvalue weighted by Crippen LogP contribution is 2.18. The molecule has 1 N–H and O–H groups in total. The number of benzene rings is 1. The van der Waals surface area contributed by atoms with Crippen molar-refractivity contribution >= 4 is 17.7 Å². The molecule has 90 valence electrons. The first-order chi connectivity index (χ1) is 8.00. The Labute approximate surface area is 99.3 Å². The van der Waals surface area contributed by atoms with E-state index in [1.54, 1.807) is 18.2 Å². The minimum absolute atomic E-state index is 0.0646. The summed E-state index contributed by atoms with van der Waals surface area (Å²) in [4.78, 5) is 20.8. The summed E-state index contributed by atoms with van der Waals surface area (Å²) in [6.45, 7) is 3.73. The Hall–Kier alpha value is -2.17. The Bertz CT molecular complexity index is 467. The van der Waals surface area contributed by atoms with Gasteiger partial charge in [-0.05, 0) is 18.1 Å². The van der Waals surface area contributed by atoms with Gasteiger partial charge in [0, 0.05) is 25.6 Å². The number of carbonyl (C=O) groups excluding carboxylic acids is 1. The molecular weight excluding hydrogens is 220 g/mol. The third-order valence-corrected chi connectivity index (χ3v) is 2.24. The molecule has 0 fully saturated rings. The maximum Gasteiger partial charge on any atom is 0.270 e. The first-order valence-electron chi connectivity index (χ1n) is 5.16. The quantitative estimate of drug-likeness (QED) is 0.640. The van der Waals surface area contributed by atoms with Gasteiger partial charge in [0.25, 0.3) is 5.69 Å². The van der Waals surface area contributed by atoms with Gasteiger partial charge in [-0.2, -0.15) is 0 Å². The molecule has 5 nitrogen and oxygen atoms in total. The second kappa shape index (κ2) is 5.79. The highest BCUT2D eigenvalue weighted by molar-refractivity contribution is 5.73. The maximum absolute atomic E-state index is 10.6. The molecule has 0 aliphatic carbocycles. The molecule has 0 aliphatic heterocycles. The minimum atomic E-state index is -0.426. The van der Waals surface area contributed by atoms with Crippen LogP contribution >= 0.6 is 0 Å². The molecule has 1 amide bonds. The van der Waals surface area contributed by atoms with Crippen LogP contribution in [0.15, 0.2) is 24.3 Å². The van der Waals surface area contributed by atoms with E-state index < -0.39 is 4.92 Å². The molecule has 0 unspecified atom stereocenters. The highest BCUT2D eigenvalue weighted by atomic mass is 16.6. The van der Waals surface area contributed by atoms with E-state index in [9.17, 15) is 14.9 Å². The van der Waals surface area contributed by atoms with E-state index >= 15 is 0 Å². The summed E-state index contributed by atoms with van der Waals surface area (Å²) < 4.78 is 0. The van der Waals surface area contributed by atoms with Crippen LogP contribution < -0.4 is 5.32 Å². The first-order valence-corrected chi connectivity index (χ1v) is 5.16. The molecule has 0 saturated carbocycles. The molecular formula is C12H14N2O3. The van der Waals surface area contributed by atoms with Crippen LogP contribution in [0, 0.1) is 17.0 Å². The number of nitro groups is 1. The van der Waals surface area contributed by atoms with Crippen LogP contribution in [0.25, 0.3) is 6.08 Å². The molecule has 0 spiro atoms. The van der Waals surface area contributed by atoms with E-state index in [1.807, 2.05) is 6.92 Å². The average molecular weight is 234 g/mol. The highest BCUT2D eigenvalue weighted by Gasteiger charge is 2.06. The van der Waals surface area contributed by atoms with Gasteiger partial charge >= 0.3 is 0 Å².